The number of benzene rings is 1. The number of rotatable bonds is 6. The van der Waals surface area contributed by atoms with Crippen molar-refractivity contribution in [3.63, 3.8) is 0 Å². The van der Waals surface area contributed by atoms with Crippen LogP contribution >= 0.6 is 0 Å². The third-order valence-corrected chi connectivity index (χ3v) is 5.48. The Morgan fingerprint density at radius 3 is 2.86 bits per heavy atom. The summed E-state index contributed by atoms with van der Waals surface area (Å²) in [6, 6.07) is 6.47. The van der Waals surface area contributed by atoms with E-state index in [2.05, 4.69) is 23.5 Å². The minimum atomic E-state index is 0.0864. The van der Waals surface area contributed by atoms with Crippen molar-refractivity contribution in [3.05, 3.63) is 29.3 Å². The first kappa shape index (κ1) is 14.9. The zero-order valence-electron chi connectivity index (χ0n) is 13.2. The molecule has 3 heteroatoms. The summed E-state index contributed by atoms with van der Waals surface area (Å²) < 4.78 is 5.37. The van der Waals surface area contributed by atoms with Gasteiger partial charge >= 0.3 is 0 Å². The van der Waals surface area contributed by atoms with Gasteiger partial charge in [0.05, 0.1) is 7.11 Å². The number of nitrogens with two attached hydrogens (primary N) is 1. The SMILES string of the molecule is COc1ccc2c(c1)CC(CN)(NCCC1CCC1)CC2. The van der Waals surface area contributed by atoms with Crippen molar-refractivity contribution in [1.29, 1.82) is 0 Å². The highest BCUT2D eigenvalue weighted by Crippen LogP contribution is 2.32. The third-order valence-electron chi connectivity index (χ3n) is 5.48. The molecule has 21 heavy (non-hydrogen) atoms. The zero-order valence-corrected chi connectivity index (χ0v) is 13.2. The minimum Gasteiger partial charge on any atom is -0.497 e. The highest BCUT2D eigenvalue weighted by molar-refractivity contribution is 5.39. The average molecular weight is 288 g/mol. The molecule has 0 aliphatic heterocycles. The monoisotopic (exact) mass is 288 g/mol. The number of methoxy groups -OCH3 is 1. The molecule has 1 aromatic carbocycles. The van der Waals surface area contributed by atoms with Crippen LogP contribution in [0.5, 0.6) is 5.75 Å². The molecule has 3 nitrogen and oxygen atoms in total. The van der Waals surface area contributed by atoms with Crippen LogP contribution in [0.4, 0.5) is 0 Å². The van der Waals surface area contributed by atoms with E-state index in [4.69, 9.17) is 10.5 Å². The Labute approximate surface area is 128 Å². The first-order valence-electron chi connectivity index (χ1n) is 8.35. The van der Waals surface area contributed by atoms with Gasteiger partial charge in [-0.3, -0.25) is 0 Å². The summed E-state index contributed by atoms with van der Waals surface area (Å²) in [5.74, 6) is 1.92. The quantitative estimate of drug-likeness (QED) is 0.846. The smallest absolute Gasteiger partial charge is 0.119 e. The van der Waals surface area contributed by atoms with Crippen LogP contribution in [0.3, 0.4) is 0 Å². The normalized spacial score (nSPS) is 25.2. The van der Waals surface area contributed by atoms with Crippen LogP contribution in [0.2, 0.25) is 0 Å². The lowest BCUT2D eigenvalue weighted by Gasteiger charge is -2.39. The summed E-state index contributed by atoms with van der Waals surface area (Å²) in [6.07, 6.45) is 8.89. The molecule has 0 radical (unpaired) electrons. The van der Waals surface area contributed by atoms with Gasteiger partial charge in [0.15, 0.2) is 0 Å². The fourth-order valence-corrected chi connectivity index (χ4v) is 3.68. The van der Waals surface area contributed by atoms with E-state index in [-0.39, 0.29) is 5.54 Å². The zero-order chi connectivity index (χ0) is 14.7. The first-order valence-corrected chi connectivity index (χ1v) is 8.35. The van der Waals surface area contributed by atoms with Crippen LogP contribution in [0.15, 0.2) is 18.2 Å². The molecular formula is C18H28N2O. The van der Waals surface area contributed by atoms with Crippen molar-refractivity contribution >= 4 is 0 Å². The maximum absolute atomic E-state index is 6.14. The lowest BCUT2D eigenvalue weighted by atomic mass is 9.77. The summed E-state index contributed by atoms with van der Waals surface area (Å²) in [7, 11) is 1.73. The summed E-state index contributed by atoms with van der Waals surface area (Å²) in [6.45, 7) is 1.83. The molecule has 0 amide bonds. The fraction of sp³-hybridized carbons (Fsp3) is 0.667. The standard InChI is InChI=1S/C18H28N2O/c1-21-17-6-5-15-7-9-18(13-19,12-16(15)11-17)20-10-8-14-3-2-4-14/h5-6,11,14,20H,2-4,7-10,12-13,19H2,1H3. The second-order valence-corrected chi connectivity index (χ2v) is 6.81. The average Bonchev–Trinajstić information content (AvgIpc) is 2.49. The van der Waals surface area contributed by atoms with Crippen molar-refractivity contribution in [2.45, 2.75) is 50.5 Å². The van der Waals surface area contributed by atoms with Gasteiger partial charge in [-0.05, 0) is 61.4 Å². The summed E-state index contributed by atoms with van der Waals surface area (Å²) >= 11 is 0. The highest BCUT2D eigenvalue weighted by Gasteiger charge is 2.33. The number of hydrogen-bond donors (Lipinski definition) is 2. The molecular weight excluding hydrogens is 260 g/mol. The number of fused-ring (bicyclic) bond motifs is 1. The Morgan fingerprint density at radius 1 is 1.33 bits per heavy atom. The van der Waals surface area contributed by atoms with Crippen LogP contribution in [0.25, 0.3) is 0 Å². The molecule has 1 unspecified atom stereocenters. The second kappa shape index (κ2) is 6.37. The largest absolute Gasteiger partial charge is 0.497 e. The fourth-order valence-electron chi connectivity index (χ4n) is 3.68. The van der Waals surface area contributed by atoms with E-state index < -0.39 is 0 Å². The van der Waals surface area contributed by atoms with Crippen molar-refractivity contribution in [3.8, 4) is 5.75 Å². The Bertz CT molecular complexity index is 484. The van der Waals surface area contributed by atoms with Gasteiger partial charge in [-0.15, -0.1) is 0 Å². The molecule has 0 aromatic heterocycles. The highest BCUT2D eigenvalue weighted by atomic mass is 16.5. The molecule has 0 saturated heterocycles. The molecule has 1 saturated carbocycles. The molecule has 2 aliphatic rings. The Kier molecular flexibility index (Phi) is 4.51. The van der Waals surface area contributed by atoms with E-state index in [9.17, 15) is 0 Å². The van der Waals surface area contributed by atoms with Crippen molar-refractivity contribution in [2.24, 2.45) is 11.7 Å². The van der Waals surface area contributed by atoms with Crippen LogP contribution in [-0.2, 0) is 12.8 Å². The Hall–Kier alpha value is -1.06. The molecule has 1 atom stereocenters. The number of aryl methyl sites for hydroxylation is 1. The molecule has 0 bridgehead atoms. The molecule has 2 aliphatic carbocycles. The summed E-state index contributed by atoms with van der Waals surface area (Å²) in [4.78, 5) is 0. The van der Waals surface area contributed by atoms with Gasteiger partial charge < -0.3 is 15.8 Å². The molecule has 1 aromatic rings. The molecule has 1 fully saturated rings. The van der Waals surface area contributed by atoms with Crippen molar-refractivity contribution in [2.75, 3.05) is 20.2 Å². The van der Waals surface area contributed by atoms with E-state index in [1.165, 1.54) is 36.8 Å². The predicted molar refractivity (Wildman–Crippen MR) is 86.8 cm³/mol. The maximum atomic E-state index is 6.14. The van der Waals surface area contributed by atoms with E-state index in [1.54, 1.807) is 7.11 Å². The van der Waals surface area contributed by atoms with Gasteiger partial charge in [-0.1, -0.05) is 25.3 Å². The van der Waals surface area contributed by atoms with Gasteiger partial charge in [-0.2, -0.15) is 0 Å². The van der Waals surface area contributed by atoms with Crippen LogP contribution in [0, 0.1) is 5.92 Å². The van der Waals surface area contributed by atoms with Crippen LogP contribution < -0.4 is 15.8 Å². The number of ether oxygens (including phenoxy) is 1. The molecule has 3 N–H and O–H groups in total. The Balaban J connectivity index is 1.65. The van der Waals surface area contributed by atoms with Gasteiger partial charge in [0.2, 0.25) is 0 Å². The summed E-state index contributed by atoms with van der Waals surface area (Å²) in [5.41, 5.74) is 9.09. The van der Waals surface area contributed by atoms with Crippen LogP contribution in [-0.4, -0.2) is 25.7 Å². The van der Waals surface area contributed by atoms with Crippen molar-refractivity contribution < 1.29 is 4.74 Å². The van der Waals surface area contributed by atoms with Gasteiger partial charge in [-0.25, -0.2) is 0 Å². The van der Waals surface area contributed by atoms with E-state index in [0.717, 1.165) is 37.5 Å². The minimum absolute atomic E-state index is 0.0864. The van der Waals surface area contributed by atoms with E-state index in [1.807, 2.05) is 0 Å². The number of hydrogen-bond acceptors (Lipinski definition) is 3. The topological polar surface area (TPSA) is 47.3 Å². The van der Waals surface area contributed by atoms with Crippen LogP contribution in [0.1, 0.15) is 43.2 Å². The lowest BCUT2D eigenvalue weighted by Crippen LogP contribution is -2.55. The third kappa shape index (κ3) is 3.24. The molecule has 116 valence electrons. The van der Waals surface area contributed by atoms with E-state index in [0.29, 0.717) is 6.54 Å². The van der Waals surface area contributed by atoms with E-state index >= 15 is 0 Å². The molecule has 0 spiro atoms. The number of nitrogens with one attached hydrogen (secondary N) is 1. The summed E-state index contributed by atoms with van der Waals surface area (Å²) in [5, 5.41) is 3.80. The molecule has 0 heterocycles. The maximum Gasteiger partial charge on any atom is 0.119 e. The van der Waals surface area contributed by atoms with Gasteiger partial charge in [0, 0.05) is 12.1 Å². The first-order chi connectivity index (χ1) is 10.2. The van der Waals surface area contributed by atoms with Gasteiger partial charge in [0.1, 0.15) is 5.75 Å². The Morgan fingerprint density at radius 2 is 2.19 bits per heavy atom. The molecule has 3 rings (SSSR count). The van der Waals surface area contributed by atoms with Crippen molar-refractivity contribution in [1.82, 2.24) is 5.32 Å². The second-order valence-electron chi connectivity index (χ2n) is 6.81. The predicted octanol–water partition coefficient (Wildman–Crippen LogP) is 2.66. The van der Waals surface area contributed by atoms with Gasteiger partial charge in [0.25, 0.3) is 0 Å². The lowest BCUT2D eigenvalue weighted by molar-refractivity contribution is 0.249.